The molecule has 3 rings (SSSR count). The number of aliphatic imine (C=N–C) groups is 1. The van der Waals surface area contributed by atoms with Gasteiger partial charge in [0.05, 0.1) is 25.9 Å². The Morgan fingerprint density at radius 2 is 1.88 bits per heavy atom. The first-order valence-corrected chi connectivity index (χ1v) is 10.3. The van der Waals surface area contributed by atoms with Crippen LogP contribution in [0.25, 0.3) is 0 Å². The average molecular weight is 353 g/mol. The molecule has 6 nitrogen and oxygen atoms in total. The molecule has 2 heterocycles. The molecular formula is C19H36N4O2. The molecule has 0 spiro atoms. The highest BCUT2D eigenvalue weighted by atomic mass is 16.5. The molecule has 6 heteroatoms. The summed E-state index contributed by atoms with van der Waals surface area (Å²) in [7, 11) is 0. The Bertz CT molecular complexity index is 412. The zero-order valence-corrected chi connectivity index (χ0v) is 15.9. The monoisotopic (exact) mass is 352 g/mol. The van der Waals surface area contributed by atoms with E-state index < -0.39 is 0 Å². The van der Waals surface area contributed by atoms with Crippen LogP contribution in [0.2, 0.25) is 0 Å². The van der Waals surface area contributed by atoms with Gasteiger partial charge < -0.3 is 20.1 Å². The van der Waals surface area contributed by atoms with Crippen molar-refractivity contribution in [2.75, 3.05) is 52.5 Å². The van der Waals surface area contributed by atoms with E-state index in [1.807, 2.05) is 0 Å². The molecule has 3 aliphatic rings. The van der Waals surface area contributed by atoms with Gasteiger partial charge in [0.25, 0.3) is 0 Å². The maximum atomic E-state index is 5.72. The van der Waals surface area contributed by atoms with Gasteiger partial charge in [0.2, 0.25) is 0 Å². The van der Waals surface area contributed by atoms with Crippen molar-refractivity contribution in [1.82, 2.24) is 15.5 Å². The number of nitrogens with one attached hydrogen (secondary N) is 2. The third-order valence-corrected chi connectivity index (χ3v) is 5.86. The number of nitrogens with zero attached hydrogens (tertiary/aromatic N) is 2. The van der Waals surface area contributed by atoms with Gasteiger partial charge in [0.15, 0.2) is 5.96 Å². The van der Waals surface area contributed by atoms with Gasteiger partial charge >= 0.3 is 0 Å². The molecule has 1 unspecified atom stereocenters. The van der Waals surface area contributed by atoms with Gasteiger partial charge in [-0.15, -0.1) is 0 Å². The van der Waals surface area contributed by atoms with Crippen LogP contribution in [0.3, 0.4) is 0 Å². The fourth-order valence-electron chi connectivity index (χ4n) is 4.41. The Labute approximate surface area is 152 Å². The van der Waals surface area contributed by atoms with Crippen LogP contribution in [0.5, 0.6) is 0 Å². The molecule has 0 bridgehead atoms. The molecule has 2 saturated heterocycles. The van der Waals surface area contributed by atoms with Crippen LogP contribution in [0.4, 0.5) is 0 Å². The van der Waals surface area contributed by atoms with E-state index in [0.717, 1.165) is 64.9 Å². The minimum atomic E-state index is 0.230. The maximum absolute atomic E-state index is 5.72. The minimum absolute atomic E-state index is 0.230. The van der Waals surface area contributed by atoms with E-state index in [4.69, 9.17) is 14.5 Å². The third-order valence-electron chi connectivity index (χ3n) is 5.86. The molecule has 144 valence electrons. The lowest BCUT2D eigenvalue weighted by atomic mass is 9.80. The molecule has 1 atom stereocenters. The van der Waals surface area contributed by atoms with Crippen molar-refractivity contribution < 1.29 is 9.47 Å². The molecule has 0 aromatic heterocycles. The second-order valence-corrected chi connectivity index (χ2v) is 7.60. The lowest BCUT2D eigenvalue weighted by molar-refractivity contribution is -0.0333. The first kappa shape index (κ1) is 18.9. The van der Waals surface area contributed by atoms with Gasteiger partial charge in [-0.2, -0.15) is 0 Å². The van der Waals surface area contributed by atoms with Crippen molar-refractivity contribution in [3.63, 3.8) is 0 Å². The molecule has 0 radical (unpaired) electrons. The van der Waals surface area contributed by atoms with Gasteiger partial charge in [-0.1, -0.05) is 19.3 Å². The zero-order chi connectivity index (χ0) is 17.4. The van der Waals surface area contributed by atoms with Crippen molar-refractivity contribution in [3.05, 3.63) is 0 Å². The highest BCUT2D eigenvalue weighted by Crippen LogP contribution is 2.34. The van der Waals surface area contributed by atoms with Gasteiger partial charge in [0, 0.05) is 38.3 Å². The highest BCUT2D eigenvalue weighted by Gasteiger charge is 2.38. The fraction of sp³-hybridized carbons (Fsp3) is 0.947. The summed E-state index contributed by atoms with van der Waals surface area (Å²) in [5.41, 5.74) is 0.230. The summed E-state index contributed by atoms with van der Waals surface area (Å²) < 4.78 is 11.3. The zero-order valence-electron chi connectivity index (χ0n) is 15.9. The van der Waals surface area contributed by atoms with Gasteiger partial charge in [-0.05, 0) is 32.6 Å². The standard InChI is InChI=1S/C19H36N4O2/c1-2-20-18(21-15-17-7-6-12-25-17)22-16-19(8-4-3-5-9-19)23-10-13-24-14-11-23/h17H,2-16H2,1H3,(H2,20,21,22). The lowest BCUT2D eigenvalue weighted by Gasteiger charge is -2.47. The Hall–Kier alpha value is -0.850. The number of rotatable bonds is 6. The van der Waals surface area contributed by atoms with Crippen molar-refractivity contribution in [1.29, 1.82) is 0 Å². The SMILES string of the molecule is CCNC(=NCC1(N2CCOCC2)CCCCC1)NCC1CCCO1. The topological polar surface area (TPSA) is 58.1 Å². The van der Waals surface area contributed by atoms with Crippen molar-refractivity contribution in [2.24, 2.45) is 4.99 Å². The molecule has 0 aromatic rings. The fourth-order valence-corrected chi connectivity index (χ4v) is 4.41. The number of ether oxygens (including phenoxy) is 2. The Morgan fingerprint density at radius 3 is 2.56 bits per heavy atom. The molecule has 1 aliphatic carbocycles. The van der Waals surface area contributed by atoms with E-state index in [1.165, 1.54) is 38.5 Å². The highest BCUT2D eigenvalue weighted by molar-refractivity contribution is 5.79. The summed E-state index contributed by atoms with van der Waals surface area (Å²) in [6.07, 6.45) is 9.23. The van der Waals surface area contributed by atoms with E-state index in [2.05, 4.69) is 22.5 Å². The van der Waals surface area contributed by atoms with E-state index >= 15 is 0 Å². The maximum Gasteiger partial charge on any atom is 0.191 e. The predicted molar refractivity (Wildman–Crippen MR) is 101 cm³/mol. The van der Waals surface area contributed by atoms with Crippen molar-refractivity contribution in [3.8, 4) is 0 Å². The predicted octanol–water partition coefficient (Wildman–Crippen LogP) is 1.76. The quantitative estimate of drug-likeness (QED) is 0.563. The summed E-state index contributed by atoms with van der Waals surface area (Å²) in [6, 6.07) is 0. The summed E-state index contributed by atoms with van der Waals surface area (Å²) >= 11 is 0. The van der Waals surface area contributed by atoms with Crippen LogP contribution < -0.4 is 10.6 Å². The first-order valence-electron chi connectivity index (χ1n) is 10.3. The molecule has 3 fully saturated rings. The molecular weight excluding hydrogens is 316 g/mol. The summed E-state index contributed by atoms with van der Waals surface area (Å²) in [5.74, 6) is 0.941. The van der Waals surface area contributed by atoms with Gasteiger partial charge in [-0.3, -0.25) is 9.89 Å². The van der Waals surface area contributed by atoms with Crippen LogP contribution in [0.15, 0.2) is 4.99 Å². The summed E-state index contributed by atoms with van der Waals surface area (Å²) in [4.78, 5) is 7.66. The second kappa shape index (κ2) is 9.74. The molecule has 0 aromatic carbocycles. The van der Waals surface area contributed by atoms with E-state index in [9.17, 15) is 0 Å². The largest absolute Gasteiger partial charge is 0.379 e. The lowest BCUT2D eigenvalue weighted by Crippen LogP contribution is -2.56. The summed E-state index contributed by atoms with van der Waals surface area (Å²) in [5, 5.41) is 6.90. The summed E-state index contributed by atoms with van der Waals surface area (Å²) in [6.45, 7) is 9.49. The average Bonchev–Trinajstić information content (AvgIpc) is 3.19. The molecule has 0 amide bonds. The molecule has 2 N–H and O–H groups in total. The van der Waals surface area contributed by atoms with Gasteiger partial charge in [0.1, 0.15) is 0 Å². The third kappa shape index (κ3) is 5.31. The number of morpholine rings is 1. The van der Waals surface area contributed by atoms with E-state index in [1.54, 1.807) is 0 Å². The van der Waals surface area contributed by atoms with Crippen molar-refractivity contribution >= 4 is 5.96 Å². The first-order chi connectivity index (χ1) is 12.3. The van der Waals surface area contributed by atoms with Crippen molar-refractivity contribution in [2.45, 2.75) is 63.5 Å². The minimum Gasteiger partial charge on any atom is -0.379 e. The van der Waals surface area contributed by atoms with E-state index in [-0.39, 0.29) is 5.54 Å². The van der Waals surface area contributed by atoms with Crippen LogP contribution in [0.1, 0.15) is 51.9 Å². The number of hydrogen-bond donors (Lipinski definition) is 2. The second-order valence-electron chi connectivity index (χ2n) is 7.60. The van der Waals surface area contributed by atoms with Crippen LogP contribution in [-0.4, -0.2) is 75.0 Å². The smallest absolute Gasteiger partial charge is 0.191 e. The Balaban J connectivity index is 1.61. The van der Waals surface area contributed by atoms with Gasteiger partial charge in [-0.25, -0.2) is 0 Å². The molecule has 25 heavy (non-hydrogen) atoms. The molecule has 2 aliphatic heterocycles. The van der Waals surface area contributed by atoms with E-state index in [0.29, 0.717) is 6.10 Å². The number of hydrogen-bond acceptors (Lipinski definition) is 4. The normalized spacial score (nSPS) is 28.0. The van der Waals surface area contributed by atoms with Crippen LogP contribution in [0, 0.1) is 0 Å². The Morgan fingerprint density at radius 1 is 1.08 bits per heavy atom. The van der Waals surface area contributed by atoms with Crippen LogP contribution >= 0.6 is 0 Å². The molecule has 1 saturated carbocycles. The number of guanidine groups is 1. The van der Waals surface area contributed by atoms with Crippen LogP contribution in [-0.2, 0) is 9.47 Å². The Kier molecular flexibility index (Phi) is 7.37.